The van der Waals surface area contributed by atoms with Crippen LogP contribution in [0.2, 0.25) is 0 Å². The Hall–Kier alpha value is -1.75. The molecule has 3 rings (SSSR count). The van der Waals surface area contributed by atoms with Gasteiger partial charge in [0.2, 0.25) is 11.7 Å². The molecule has 0 aliphatic carbocycles. The molecule has 1 atom stereocenters. The van der Waals surface area contributed by atoms with Crippen LogP contribution in [0, 0.1) is 12.7 Å². The molecular formula is C14H16FN3O. The van der Waals surface area contributed by atoms with Gasteiger partial charge in [-0.05, 0) is 50.6 Å². The van der Waals surface area contributed by atoms with Crippen molar-refractivity contribution in [1.82, 2.24) is 15.5 Å². The number of nitrogens with zero attached hydrogens (tertiary/aromatic N) is 2. The van der Waals surface area contributed by atoms with E-state index in [1.54, 1.807) is 0 Å². The van der Waals surface area contributed by atoms with Gasteiger partial charge < -0.3 is 9.84 Å². The lowest BCUT2D eigenvalue weighted by molar-refractivity contribution is 0.306. The van der Waals surface area contributed by atoms with Crippen molar-refractivity contribution in [2.75, 3.05) is 13.1 Å². The van der Waals surface area contributed by atoms with Crippen LogP contribution in [-0.4, -0.2) is 23.2 Å². The van der Waals surface area contributed by atoms with E-state index < -0.39 is 0 Å². The predicted molar refractivity (Wildman–Crippen MR) is 69.3 cm³/mol. The lowest BCUT2D eigenvalue weighted by Gasteiger charge is -2.15. The van der Waals surface area contributed by atoms with E-state index in [4.69, 9.17) is 4.52 Å². The van der Waals surface area contributed by atoms with E-state index in [2.05, 4.69) is 22.4 Å². The zero-order valence-electron chi connectivity index (χ0n) is 11.0. The second kappa shape index (κ2) is 4.42. The summed E-state index contributed by atoms with van der Waals surface area (Å²) < 4.78 is 18.8. The van der Waals surface area contributed by atoms with Crippen molar-refractivity contribution in [3.8, 4) is 11.4 Å². The average molecular weight is 261 g/mol. The number of hydrogen-bond acceptors (Lipinski definition) is 4. The first-order valence-corrected chi connectivity index (χ1v) is 6.39. The third-order valence-electron chi connectivity index (χ3n) is 3.61. The molecule has 1 N–H and O–H groups in total. The molecule has 0 saturated carbocycles. The maximum absolute atomic E-state index is 13.4. The Bertz CT molecular complexity index is 582. The molecule has 19 heavy (non-hydrogen) atoms. The molecule has 2 aromatic rings. The third kappa shape index (κ3) is 2.26. The number of nitrogens with one attached hydrogen (secondary N) is 1. The normalized spacial score (nSPS) is 22.9. The maximum Gasteiger partial charge on any atom is 0.234 e. The van der Waals surface area contributed by atoms with E-state index in [0.717, 1.165) is 25.1 Å². The van der Waals surface area contributed by atoms with Gasteiger partial charge in [-0.25, -0.2) is 4.39 Å². The van der Waals surface area contributed by atoms with Gasteiger partial charge in [0, 0.05) is 12.1 Å². The first-order chi connectivity index (χ1) is 9.07. The minimum Gasteiger partial charge on any atom is -0.338 e. The Balaban J connectivity index is 1.96. The third-order valence-corrected chi connectivity index (χ3v) is 3.61. The molecule has 1 aliphatic heterocycles. The van der Waals surface area contributed by atoms with E-state index in [-0.39, 0.29) is 11.2 Å². The van der Waals surface area contributed by atoms with Crippen LogP contribution in [0.15, 0.2) is 22.7 Å². The van der Waals surface area contributed by atoms with E-state index in [1.165, 1.54) is 12.1 Å². The summed E-state index contributed by atoms with van der Waals surface area (Å²) in [4.78, 5) is 4.43. The standard InChI is InChI=1S/C14H16FN3O/c1-9-5-10(7-11(15)6-9)12-17-13(19-18-12)14(2)3-4-16-8-14/h5-7,16H,3-4,8H2,1-2H3. The van der Waals surface area contributed by atoms with Crippen molar-refractivity contribution in [1.29, 1.82) is 0 Å². The van der Waals surface area contributed by atoms with Gasteiger partial charge in [-0.3, -0.25) is 0 Å². The lowest BCUT2D eigenvalue weighted by atomic mass is 9.90. The van der Waals surface area contributed by atoms with Crippen molar-refractivity contribution < 1.29 is 8.91 Å². The smallest absolute Gasteiger partial charge is 0.234 e. The van der Waals surface area contributed by atoms with Crippen molar-refractivity contribution in [3.05, 3.63) is 35.5 Å². The molecule has 1 fully saturated rings. The number of hydrogen-bond donors (Lipinski definition) is 1. The molecule has 2 heterocycles. The van der Waals surface area contributed by atoms with Crippen LogP contribution in [0.4, 0.5) is 4.39 Å². The Labute approximate surface area is 111 Å². The molecule has 1 aromatic carbocycles. The fourth-order valence-electron chi connectivity index (χ4n) is 2.45. The van der Waals surface area contributed by atoms with Gasteiger partial charge >= 0.3 is 0 Å². The van der Waals surface area contributed by atoms with Gasteiger partial charge in [-0.1, -0.05) is 5.16 Å². The second-order valence-corrected chi connectivity index (χ2v) is 5.43. The molecular weight excluding hydrogens is 245 g/mol. The van der Waals surface area contributed by atoms with Crippen molar-refractivity contribution in [2.24, 2.45) is 0 Å². The molecule has 1 aromatic heterocycles. The fraction of sp³-hybridized carbons (Fsp3) is 0.429. The van der Waals surface area contributed by atoms with Crippen LogP contribution < -0.4 is 5.32 Å². The first kappa shape index (κ1) is 12.3. The molecule has 1 unspecified atom stereocenters. The van der Waals surface area contributed by atoms with Gasteiger partial charge in [0.15, 0.2) is 0 Å². The summed E-state index contributed by atoms with van der Waals surface area (Å²) in [6.07, 6.45) is 0.969. The summed E-state index contributed by atoms with van der Waals surface area (Å²) >= 11 is 0. The van der Waals surface area contributed by atoms with Gasteiger partial charge in [0.05, 0.1) is 5.41 Å². The van der Waals surface area contributed by atoms with Crippen LogP contribution in [0.3, 0.4) is 0 Å². The molecule has 4 nitrogen and oxygen atoms in total. The number of aromatic nitrogens is 2. The molecule has 1 saturated heterocycles. The Morgan fingerprint density at radius 2 is 2.21 bits per heavy atom. The zero-order valence-corrected chi connectivity index (χ0v) is 11.0. The van der Waals surface area contributed by atoms with Crippen LogP contribution in [0.1, 0.15) is 24.8 Å². The van der Waals surface area contributed by atoms with Gasteiger partial charge in [-0.2, -0.15) is 4.98 Å². The fourth-order valence-corrected chi connectivity index (χ4v) is 2.45. The Morgan fingerprint density at radius 3 is 2.89 bits per heavy atom. The van der Waals surface area contributed by atoms with Crippen LogP contribution in [0.25, 0.3) is 11.4 Å². The first-order valence-electron chi connectivity index (χ1n) is 6.39. The highest BCUT2D eigenvalue weighted by Crippen LogP contribution is 2.30. The van der Waals surface area contributed by atoms with Crippen LogP contribution >= 0.6 is 0 Å². The summed E-state index contributed by atoms with van der Waals surface area (Å²) in [5.41, 5.74) is 1.38. The molecule has 0 spiro atoms. The molecule has 0 amide bonds. The monoisotopic (exact) mass is 261 g/mol. The molecule has 0 bridgehead atoms. The predicted octanol–water partition coefficient (Wildman–Crippen LogP) is 2.44. The minimum atomic E-state index is -0.282. The lowest BCUT2D eigenvalue weighted by Crippen LogP contribution is -2.25. The van der Waals surface area contributed by atoms with Crippen molar-refractivity contribution >= 4 is 0 Å². The van der Waals surface area contributed by atoms with E-state index in [0.29, 0.717) is 17.3 Å². The SMILES string of the molecule is Cc1cc(F)cc(-c2noc(C3(C)CCNC3)n2)c1. The van der Waals surface area contributed by atoms with Gasteiger partial charge in [0.25, 0.3) is 0 Å². The minimum absolute atomic E-state index is 0.117. The highest BCUT2D eigenvalue weighted by Gasteiger charge is 2.36. The Kier molecular flexibility index (Phi) is 2.86. The molecule has 5 heteroatoms. The van der Waals surface area contributed by atoms with E-state index in [9.17, 15) is 4.39 Å². The molecule has 0 radical (unpaired) electrons. The van der Waals surface area contributed by atoms with Crippen molar-refractivity contribution in [3.63, 3.8) is 0 Å². The van der Waals surface area contributed by atoms with Gasteiger partial charge in [-0.15, -0.1) is 0 Å². The van der Waals surface area contributed by atoms with E-state index >= 15 is 0 Å². The number of aryl methyl sites for hydroxylation is 1. The zero-order chi connectivity index (χ0) is 13.5. The highest BCUT2D eigenvalue weighted by atomic mass is 19.1. The van der Waals surface area contributed by atoms with Crippen molar-refractivity contribution in [2.45, 2.75) is 25.7 Å². The Morgan fingerprint density at radius 1 is 1.37 bits per heavy atom. The highest BCUT2D eigenvalue weighted by molar-refractivity contribution is 5.55. The number of rotatable bonds is 2. The summed E-state index contributed by atoms with van der Waals surface area (Å²) in [7, 11) is 0. The summed E-state index contributed by atoms with van der Waals surface area (Å²) in [6, 6.07) is 4.76. The van der Waals surface area contributed by atoms with Crippen LogP contribution in [-0.2, 0) is 5.41 Å². The maximum atomic E-state index is 13.4. The van der Waals surface area contributed by atoms with E-state index in [1.807, 2.05) is 13.0 Å². The molecule has 100 valence electrons. The average Bonchev–Trinajstić information content (AvgIpc) is 2.96. The second-order valence-electron chi connectivity index (χ2n) is 5.43. The van der Waals surface area contributed by atoms with Crippen LogP contribution in [0.5, 0.6) is 0 Å². The summed E-state index contributed by atoms with van der Waals surface area (Å²) in [6.45, 7) is 5.72. The molecule has 1 aliphatic rings. The quantitative estimate of drug-likeness (QED) is 0.902. The van der Waals surface area contributed by atoms with Gasteiger partial charge in [0.1, 0.15) is 5.82 Å². The largest absolute Gasteiger partial charge is 0.338 e. The topological polar surface area (TPSA) is 51.0 Å². The summed E-state index contributed by atoms with van der Waals surface area (Å²) in [5, 5.41) is 7.27. The summed E-state index contributed by atoms with van der Waals surface area (Å²) in [5.74, 6) is 0.787. The number of benzene rings is 1. The number of halogens is 1.